The Morgan fingerprint density at radius 2 is 2.00 bits per heavy atom. The largest absolute Gasteiger partial charge is 0.497 e. The van der Waals surface area contributed by atoms with E-state index in [0.717, 1.165) is 17.7 Å². The van der Waals surface area contributed by atoms with Crippen LogP contribution in [0.2, 0.25) is 0 Å². The molecule has 0 bridgehead atoms. The number of methoxy groups -OCH3 is 1. The number of hydrogen-bond donors (Lipinski definition) is 2. The second kappa shape index (κ2) is 6.78. The molecule has 0 unspecified atom stereocenters. The van der Waals surface area contributed by atoms with E-state index in [4.69, 9.17) is 4.74 Å². The van der Waals surface area contributed by atoms with Crippen molar-refractivity contribution >= 4 is 6.03 Å². The van der Waals surface area contributed by atoms with E-state index >= 15 is 0 Å². The first kappa shape index (κ1) is 13.4. The van der Waals surface area contributed by atoms with Crippen LogP contribution in [0.15, 0.2) is 24.3 Å². The van der Waals surface area contributed by atoms with Crippen LogP contribution in [0.25, 0.3) is 0 Å². The zero-order valence-electron chi connectivity index (χ0n) is 10.6. The van der Waals surface area contributed by atoms with Crippen molar-refractivity contribution in [2.45, 2.75) is 26.3 Å². The van der Waals surface area contributed by atoms with E-state index in [2.05, 4.69) is 10.6 Å². The Morgan fingerprint density at radius 1 is 1.35 bits per heavy atom. The lowest BCUT2D eigenvalue weighted by Crippen LogP contribution is -2.37. The van der Waals surface area contributed by atoms with Crippen LogP contribution in [0.1, 0.15) is 31.9 Å². The summed E-state index contributed by atoms with van der Waals surface area (Å²) in [6.45, 7) is 4.67. The predicted octanol–water partition coefficient (Wildman–Crippen LogP) is 2.47. The molecule has 0 aromatic heterocycles. The van der Waals surface area contributed by atoms with E-state index in [9.17, 15) is 4.79 Å². The molecule has 0 radical (unpaired) electrons. The molecule has 1 atom stereocenters. The van der Waals surface area contributed by atoms with Crippen molar-refractivity contribution in [3.63, 3.8) is 0 Å². The third kappa shape index (κ3) is 4.34. The molecular formula is C13H20N2O2. The van der Waals surface area contributed by atoms with Crippen molar-refractivity contribution in [3.05, 3.63) is 29.8 Å². The van der Waals surface area contributed by atoms with Crippen LogP contribution in [-0.4, -0.2) is 19.7 Å². The summed E-state index contributed by atoms with van der Waals surface area (Å²) in [5.74, 6) is 0.816. The van der Waals surface area contributed by atoms with Gasteiger partial charge in [0.15, 0.2) is 0 Å². The second-order valence-electron chi connectivity index (χ2n) is 3.90. The maximum Gasteiger partial charge on any atom is 0.315 e. The number of carbonyl (C=O) groups excluding carboxylic acids is 1. The van der Waals surface area contributed by atoms with Crippen LogP contribution >= 0.6 is 0 Å². The minimum absolute atomic E-state index is 0.0160. The van der Waals surface area contributed by atoms with Crippen molar-refractivity contribution in [1.82, 2.24) is 10.6 Å². The number of hydrogen-bond acceptors (Lipinski definition) is 2. The molecule has 4 heteroatoms. The summed E-state index contributed by atoms with van der Waals surface area (Å²) in [7, 11) is 1.63. The molecule has 0 aliphatic rings. The van der Waals surface area contributed by atoms with E-state index in [-0.39, 0.29) is 12.1 Å². The number of carbonyl (C=O) groups is 1. The average Bonchev–Trinajstić information content (AvgIpc) is 2.36. The molecule has 17 heavy (non-hydrogen) atoms. The Bertz CT molecular complexity index is 349. The Kier molecular flexibility index (Phi) is 5.33. The van der Waals surface area contributed by atoms with Gasteiger partial charge in [0.2, 0.25) is 0 Å². The molecule has 1 rings (SSSR count). The highest BCUT2D eigenvalue weighted by Gasteiger charge is 2.08. The molecule has 0 aliphatic carbocycles. The topological polar surface area (TPSA) is 50.4 Å². The first-order valence-electron chi connectivity index (χ1n) is 5.85. The fourth-order valence-electron chi connectivity index (χ4n) is 1.46. The van der Waals surface area contributed by atoms with E-state index in [1.54, 1.807) is 7.11 Å². The lowest BCUT2D eigenvalue weighted by molar-refractivity contribution is 0.238. The van der Waals surface area contributed by atoms with Gasteiger partial charge >= 0.3 is 6.03 Å². The van der Waals surface area contributed by atoms with Gasteiger partial charge in [0.1, 0.15) is 5.75 Å². The van der Waals surface area contributed by atoms with Crippen molar-refractivity contribution in [1.29, 1.82) is 0 Å². The van der Waals surface area contributed by atoms with Gasteiger partial charge in [-0.05, 0) is 31.0 Å². The van der Waals surface area contributed by atoms with Gasteiger partial charge in [0, 0.05) is 6.54 Å². The number of benzene rings is 1. The molecule has 1 aromatic rings. The average molecular weight is 236 g/mol. The summed E-state index contributed by atoms with van der Waals surface area (Å²) in [6.07, 6.45) is 0.935. The second-order valence-corrected chi connectivity index (χ2v) is 3.90. The van der Waals surface area contributed by atoms with Gasteiger partial charge in [-0.1, -0.05) is 19.1 Å². The van der Waals surface area contributed by atoms with E-state index in [0.29, 0.717) is 6.54 Å². The SMILES string of the molecule is CCCNC(=O)N[C@H](C)c1ccc(OC)cc1. The zero-order valence-corrected chi connectivity index (χ0v) is 10.6. The highest BCUT2D eigenvalue weighted by molar-refractivity contribution is 5.74. The summed E-state index contributed by atoms with van der Waals surface area (Å²) in [6, 6.07) is 7.52. The zero-order chi connectivity index (χ0) is 12.7. The van der Waals surface area contributed by atoms with Gasteiger partial charge in [-0.3, -0.25) is 0 Å². The maximum atomic E-state index is 11.5. The Balaban J connectivity index is 2.51. The van der Waals surface area contributed by atoms with Crippen LogP contribution in [-0.2, 0) is 0 Å². The van der Waals surface area contributed by atoms with Crippen molar-refractivity contribution < 1.29 is 9.53 Å². The third-order valence-electron chi connectivity index (χ3n) is 2.50. The highest BCUT2D eigenvalue weighted by atomic mass is 16.5. The maximum absolute atomic E-state index is 11.5. The Morgan fingerprint density at radius 3 is 2.53 bits per heavy atom. The van der Waals surface area contributed by atoms with Crippen LogP contribution in [0.4, 0.5) is 4.79 Å². The molecule has 2 amide bonds. The summed E-state index contributed by atoms with van der Waals surface area (Å²) < 4.78 is 5.08. The summed E-state index contributed by atoms with van der Waals surface area (Å²) in [5, 5.41) is 5.66. The highest BCUT2D eigenvalue weighted by Crippen LogP contribution is 2.16. The van der Waals surface area contributed by atoms with E-state index < -0.39 is 0 Å². The molecule has 0 spiro atoms. The van der Waals surface area contributed by atoms with Crippen molar-refractivity contribution in [2.24, 2.45) is 0 Å². The van der Waals surface area contributed by atoms with Crippen LogP contribution in [0.3, 0.4) is 0 Å². The lowest BCUT2D eigenvalue weighted by atomic mass is 10.1. The molecular weight excluding hydrogens is 216 g/mol. The van der Waals surface area contributed by atoms with Gasteiger partial charge in [-0.2, -0.15) is 0 Å². The molecule has 94 valence electrons. The first-order chi connectivity index (χ1) is 8.17. The number of ether oxygens (including phenoxy) is 1. The van der Waals surface area contributed by atoms with Gasteiger partial charge < -0.3 is 15.4 Å². The van der Waals surface area contributed by atoms with Crippen molar-refractivity contribution in [2.75, 3.05) is 13.7 Å². The van der Waals surface area contributed by atoms with Gasteiger partial charge in [0.05, 0.1) is 13.2 Å². The molecule has 2 N–H and O–H groups in total. The first-order valence-corrected chi connectivity index (χ1v) is 5.85. The van der Waals surface area contributed by atoms with Crippen molar-refractivity contribution in [3.8, 4) is 5.75 Å². The van der Waals surface area contributed by atoms with Crippen LogP contribution in [0.5, 0.6) is 5.75 Å². The predicted molar refractivity (Wildman–Crippen MR) is 68.2 cm³/mol. The molecule has 0 fully saturated rings. The van der Waals surface area contributed by atoms with Gasteiger partial charge in [-0.15, -0.1) is 0 Å². The fraction of sp³-hybridized carbons (Fsp3) is 0.462. The molecule has 0 aliphatic heterocycles. The molecule has 0 heterocycles. The van der Waals surface area contributed by atoms with Crippen LogP contribution < -0.4 is 15.4 Å². The van der Waals surface area contributed by atoms with Gasteiger partial charge in [0.25, 0.3) is 0 Å². The lowest BCUT2D eigenvalue weighted by Gasteiger charge is -2.15. The monoisotopic (exact) mass is 236 g/mol. The van der Waals surface area contributed by atoms with Crippen LogP contribution in [0, 0.1) is 0 Å². The third-order valence-corrected chi connectivity index (χ3v) is 2.50. The normalized spacial score (nSPS) is 11.7. The quantitative estimate of drug-likeness (QED) is 0.825. The van der Waals surface area contributed by atoms with E-state index in [1.807, 2.05) is 38.1 Å². The fourth-order valence-corrected chi connectivity index (χ4v) is 1.46. The standard InChI is InChI=1S/C13H20N2O2/c1-4-9-14-13(16)15-10(2)11-5-7-12(17-3)8-6-11/h5-8,10H,4,9H2,1-3H3,(H2,14,15,16)/t10-/m1/s1. The summed E-state index contributed by atoms with van der Waals surface area (Å²) in [5.41, 5.74) is 1.05. The summed E-state index contributed by atoms with van der Waals surface area (Å²) in [4.78, 5) is 11.5. The number of rotatable bonds is 5. The molecule has 0 saturated carbocycles. The van der Waals surface area contributed by atoms with E-state index in [1.165, 1.54) is 0 Å². The summed E-state index contributed by atoms with van der Waals surface area (Å²) >= 11 is 0. The minimum atomic E-state index is -0.129. The minimum Gasteiger partial charge on any atom is -0.497 e. The number of amides is 2. The molecule has 0 saturated heterocycles. The molecule has 4 nitrogen and oxygen atoms in total. The molecule has 1 aromatic carbocycles. The Hall–Kier alpha value is -1.71. The smallest absolute Gasteiger partial charge is 0.315 e. The van der Waals surface area contributed by atoms with Gasteiger partial charge in [-0.25, -0.2) is 4.79 Å². The number of nitrogens with one attached hydrogen (secondary N) is 2. The number of urea groups is 1. The Labute approximate surface area is 102 Å².